The first-order chi connectivity index (χ1) is 27.5. The van der Waals surface area contributed by atoms with Gasteiger partial charge in [0.2, 0.25) is 17.7 Å². The Morgan fingerprint density at radius 3 is 2.05 bits per heavy atom. The molecule has 8 atom stereocenters. The lowest BCUT2D eigenvalue weighted by atomic mass is 9.89. The molecule has 2 aliphatic rings. The van der Waals surface area contributed by atoms with Crippen molar-refractivity contribution in [3.8, 4) is 0 Å². The number of benzene rings is 1. The Morgan fingerprint density at radius 1 is 0.914 bits per heavy atom. The van der Waals surface area contributed by atoms with E-state index in [1.54, 1.807) is 30.9 Å². The average Bonchev–Trinajstić information content (AvgIpc) is 3.70. The fourth-order valence-electron chi connectivity index (χ4n) is 8.19. The number of piperazine rings is 1. The highest BCUT2D eigenvalue weighted by molar-refractivity contribution is 5.88. The predicted octanol–water partition coefficient (Wildman–Crippen LogP) is 3.05. The van der Waals surface area contributed by atoms with Crippen LogP contribution in [0, 0.1) is 17.8 Å². The molecule has 0 saturated carbocycles. The van der Waals surface area contributed by atoms with Gasteiger partial charge < -0.3 is 49.1 Å². The minimum atomic E-state index is -0.955. The lowest BCUT2D eigenvalue weighted by molar-refractivity contribution is -0.148. The number of carbonyl (C=O) groups excluding carboxylic acids is 4. The number of ether oxygens (including phenoxy) is 3. The van der Waals surface area contributed by atoms with E-state index in [1.807, 2.05) is 81.9 Å². The number of amides is 4. The van der Waals surface area contributed by atoms with Crippen molar-refractivity contribution in [1.82, 2.24) is 29.8 Å². The second-order valence-corrected chi connectivity index (χ2v) is 16.1. The highest BCUT2D eigenvalue weighted by Gasteiger charge is 2.43. The molecule has 0 bridgehead atoms. The van der Waals surface area contributed by atoms with Crippen molar-refractivity contribution < 1.29 is 43.3 Å². The first-order valence-electron chi connectivity index (χ1n) is 20.5. The Labute approximate surface area is 345 Å². The van der Waals surface area contributed by atoms with Gasteiger partial charge in [-0.3, -0.25) is 14.4 Å². The quantitative estimate of drug-likeness (QED) is 0.127. The molecule has 3 rings (SSSR count). The maximum absolute atomic E-state index is 14.5. The summed E-state index contributed by atoms with van der Waals surface area (Å²) in [6.07, 6.45) is 0.0917. The number of carbonyl (C=O) groups is 5. The van der Waals surface area contributed by atoms with Crippen LogP contribution in [0.5, 0.6) is 0 Å². The minimum Gasteiger partial charge on any atom is -0.467 e. The number of hydrogen-bond donors (Lipinski definition) is 2. The lowest BCUT2D eigenvalue weighted by Crippen LogP contribution is -2.56. The summed E-state index contributed by atoms with van der Waals surface area (Å²) in [6.45, 7) is 11.8. The molecule has 0 aliphatic carbocycles. The number of esters is 1. The summed E-state index contributed by atoms with van der Waals surface area (Å²) in [5.41, 5.74) is 0.872. The Hall–Kier alpha value is -4.44. The van der Waals surface area contributed by atoms with Crippen LogP contribution in [0.15, 0.2) is 35.3 Å². The molecule has 2 heterocycles. The third-order valence-electron chi connectivity index (χ3n) is 11.7. The summed E-state index contributed by atoms with van der Waals surface area (Å²) in [7, 11) is 9.85. The molecule has 0 aromatic heterocycles. The summed E-state index contributed by atoms with van der Waals surface area (Å²) in [6, 6.07) is 6.87. The van der Waals surface area contributed by atoms with E-state index in [9.17, 15) is 29.1 Å². The Morgan fingerprint density at radius 2 is 1.53 bits per heavy atom. The summed E-state index contributed by atoms with van der Waals surface area (Å²) in [4.78, 5) is 80.5. The van der Waals surface area contributed by atoms with Crippen molar-refractivity contribution in [1.29, 1.82) is 0 Å². The van der Waals surface area contributed by atoms with Gasteiger partial charge in [0.25, 0.3) is 0 Å². The zero-order chi connectivity index (χ0) is 43.3. The first-order valence-corrected chi connectivity index (χ1v) is 20.5. The van der Waals surface area contributed by atoms with Gasteiger partial charge in [-0.1, -0.05) is 71.4 Å². The summed E-state index contributed by atoms with van der Waals surface area (Å²) < 4.78 is 17.0. The molecule has 4 amide bonds. The van der Waals surface area contributed by atoms with E-state index >= 15 is 0 Å². The summed E-state index contributed by atoms with van der Waals surface area (Å²) >= 11 is 0. The van der Waals surface area contributed by atoms with Gasteiger partial charge in [-0.15, -0.1) is 0 Å². The van der Waals surface area contributed by atoms with E-state index in [4.69, 9.17) is 19.2 Å². The second-order valence-electron chi connectivity index (χ2n) is 16.1. The number of rotatable bonds is 18. The Kier molecular flexibility index (Phi) is 18.7. The molecule has 16 heteroatoms. The molecule has 16 nitrogen and oxygen atoms in total. The van der Waals surface area contributed by atoms with Gasteiger partial charge >= 0.3 is 12.1 Å². The number of likely N-dealkylation sites (N-methyl/N-ethyl adjacent to an activating group) is 1. The molecule has 326 valence electrons. The average molecular weight is 816 g/mol. The van der Waals surface area contributed by atoms with Crippen molar-refractivity contribution >= 4 is 35.7 Å². The van der Waals surface area contributed by atoms with Gasteiger partial charge in [0, 0.05) is 74.5 Å². The topological polar surface area (TPSA) is 174 Å². The minimum absolute atomic E-state index is 0.00451. The predicted molar refractivity (Wildman–Crippen MR) is 221 cm³/mol. The number of carboxylic acid groups (broad SMARTS) is 1. The third kappa shape index (κ3) is 12.3. The molecule has 1 aromatic carbocycles. The third-order valence-corrected chi connectivity index (χ3v) is 11.7. The van der Waals surface area contributed by atoms with Crippen LogP contribution >= 0.6 is 0 Å². The lowest BCUT2D eigenvalue weighted by Gasteiger charge is -2.41. The van der Waals surface area contributed by atoms with Gasteiger partial charge in [-0.2, -0.15) is 0 Å². The Balaban J connectivity index is 1.81. The van der Waals surface area contributed by atoms with Gasteiger partial charge in [-0.05, 0) is 30.2 Å². The Bertz CT molecular complexity index is 1540. The molecule has 0 radical (unpaired) electrons. The van der Waals surface area contributed by atoms with E-state index in [0.717, 1.165) is 18.4 Å². The number of methoxy groups -OCH3 is 3. The summed E-state index contributed by atoms with van der Waals surface area (Å²) in [5.74, 6) is -1.60. The molecule has 0 spiro atoms. The molecule has 2 saturated heterocycles. The van der Waals surface area contributed by atoms with E-state index in [-0.39, 0.29) is 42.4 Å². The molecule has 2 fully saturated rings. The van der Waals surface area contributed by atoms with Crippen LogP contribution in [0.4, 0.5) is 4.79 Å². The highest BCUT2D eigenvalue weighted by atomic mass is 16.5. The number of guanidine groups is 1. The molecule has 58 heavy (non-hydrogen) atoms. The molecule has 1 aromatic rings. The van der Waals surface area contributed by atoms with Crippen LogP contribution in [0.3, 0.4) is 0 Å². The van der Waals surface area contributed by atoms with E-state index in [2.05, 4.69) is 5.32 Å². The first kappa shape index (κ1) is 47.9. The number of hydrogen-bond acceptors (Lipinski definition) is 9. The van der Waals surface area contributed by atoms with Crippen molar-refractivity contribution in [3.05, 3.63) is 35.9 Å². The van der Waals surface area contributed by atoms with Gasteiger partial charge in [0.1, 0.15) is 12.1 Å². The van der Waals surface area contributed by atoms with Crippen LogP contribution < -0.4 is 5.32 Å². The zero-order valence-corrected chi connectivity index (χ0v) is 36.6. The standard InChI is InChI=1S/C42H69N7O9/c1-12-28(4)36(46(8)39(52)35(27(2)3)44-41(45(6)7)47-21-23-48(24-22-47)42(54)55)33(56-9)26-34(50)49-20-16-19-32(49)37(57-10)29(5)38(51)43-31(40(53)58-11)25-30-17-14-13-15-18-30/h13-15,17-18,27-29,31-33,35-37H,12,16,19-26H2,1-11H3,(H,43,51)(H,54,55)/b44-41+/t28-,29+,31-,32-,33+,35-,36-,37+/m0/s1. The van der Waals surface area contributed by atoms with Crippen molar-refractivity contribution in [3.63, 3.8) is 0 Å². The van der Waals surface area contributed by atoms with Crippen LogP contribution in [0.1, 0.15) is 65.9 Å². The normalized spacial score (nSPS) is 19.8. The van der Waals surface area contributed by atoms with Crippen molar-refractivity contribution in [2.45, 2.75) is 103 Å². The van der Waals surface area contributed by atoms with E-state index < -0.39 is 54.4 Å². The second kappa shape index (κ2) is 22.6. The summed E-state index contributed by atoms with van der Waals surface area (Å²) in [5, 5.41) is 12.3. The highest BCUT2D eigenvalue weighted by Crippen LogP contribution is 2.30. The largest absolute Gasteiger partial charge is 0.467 e. The zero-order valence-electron chi connectivity index (χ0n) is 36.6. The van der Waals surface area contributed by atoms with Gasteiger partial charge in [0.15, 0.2) is 5.96 Å². The fourth-order valence-corrected chi connectivity index (χ4v) is 8.19. The van der Waals surface area contributed by atoms with Gasteiger partial charge in [0.05, 0.1) is 43.7 Å². The molecule has 2 N–H and O–H groups in total. The van der Waals surface area contributed by atoms with Crippen LogP contribution in [-0.2, 0) is 39.8 Å². The van der Waals surface area contributed by atoms with Gasteiger partial charge in [-0.25, -0.2) is 14.6 Å². The monoisotopic (exact) mass is 816 g/mol. The number of nitrogens with zero attached hydrogens (tertiary/aromatic N) is 6. The van der Waals surface area contributed by atoms with Crippen molar-refractivity contribution in [2.24, 2.45) is 22.7 Å². The molecular formula is C42H69N7O9. The maximum Gasteiger partial charge on any atom is 0.407 e. The number of nitrogens with one attached hydrogen (secondary N) is 1. The number of likely N-dealkylation sites (tertiary alicyclic amines) is 1. The SMILES string of the molecule is CC[C@H](C)[C@@H]([C@@H](CC(=O)N1CCC[C@H]1[C@H](OC)[C@@H](C)C(=O)N[C@@H](Cc1ccccc1)C(=O)OC)OC)N(C)C(=O)[C@@H](/N=C(\N(C)C)N1CCN(C(=O)O)CC1)C(C)C. The van der Waals surface area contributed by atoms with E-state index in [1.165, 1.54) is 19.1 Å². The van der Waals surface area contributed by atoms with Crippen molar-refractivity contribution in [2.75, 3.05) is 75.2 Å². The fraction of sp³-hybridized carbons (Fsp3) is 0.714. The molecule has 0 unspecified atom stereocenters. The maximum atomic E-state index is 14.5. The number of aliphatic imine (C=N–C) groups is 1. The van der Waals surface area contributed by atoms with Crippen LogP contribution in [0.25, 0.3) is 0 Å². The molecular weight excluding hydrogens is 747 g/mol. The van der Waals surface area contributed by atoms with Crippen LogP contribution in [0.2, 0.25) is 0 Å². The molecule has 2 aliphatic heterocycles. The smallest absolute Gasteiger partial charge is 0.407 e. The van der Waals surface area contributed by atoms with Crippen LogP contribution in [-0.4, -0.2) is 177 Å². The van der Waals surface area contributed by atoms with E-state index in [0.29, 0.717) is 45.1 Å².